The zero-order valence-electron chi connectivity index (χ0n) is 15.0. The van der Waals surface area contributed by atoms with Crippen molar-refractivity contribution in [3.05, 3.63) is 29.7 Å². The fourth-order valence-electron chi connectivity index (χ4n) is 3.20. The number of piperazine rings is 1. The number of carbonyl (C=O) groups excluding carboxylic acids is 2. The van der Waals surface area contributed by atoms with Gasteiger partial charge in [-0.3, -0.25) is 14.0 Å². The normalized spacial score (nSPS) is 14.8. The van der Waals surface area contributed by atoms with E-state index in [2.05, 4.69) is 4.98 Å². The second-order valence-corrected chi connectivity index (χ2v) is 6.06. The molecule has 25 heavy (non-hydrogen) atoms. The fourth-order valence-corrected chi connectivity index (χ4v) is 3.20. The van der Waals surface area contributed by atoms with E-state index >= 15 is 0 Å². The van der Waals surface area contributed by atoms with Crippen LogP contribution in [-0.4, -0.2) is 63.8 Å². The van der Waals surface area contributed by atoms with Crippen LogP contribution in [0.3, 0.4) is 0 Å². The summed E-state index contributed by atoms with van der Waals surface area (Å²) in [5.41, 5.74) is 2.04. The molecule has 1 fully saturated rings. The summed E-state index contributed by atoms with van der Waals surface area (Å²) in [5, 5.41) is 0. The summed E-state index contributed by atoms with van der Waals surface area (Å²) in [6.45, 7) is 8.25. The molecule has 1 saturated heterocycles. The Bertz CT molecular complexity index is 791. The summed E-state index contributed by atoms with van der Waals surface area (Å²) < 4.78 is 7.47. The summed E-state index contributed by atoms with van der Waals surface area (Å²) >= 11 is 0. The van der Waals surface area contributed by atoms with E-state index in [4.69, 9.17) is 4.74 Å². The van der Waals surface area contributed by atoms with Crippen LogP contribution in [0.15, 0.2) is 18.3 Å². The number of aromatic nitrogens is 2. The summed E-state index contributed by atoms with van der Waals surface area (Å²) in [5.74, 6) is 0.693. The Balaban J connectivity index is 1.93. The number of fused-ring (bicyclic) bond motifs is 1. The number of hydrogen-bond donors (Lipinski definition) is 0. The number of carbonyl (C=O) groups is 2. The van der Waals surface area contributed by atoms with Crippen LogP contribution in [0.1, 0.15) is 37.0 Å². The lowest BCUT2D eigenvalue weighted by Crippen LogP contribution is -2.50. The Morgan fingerprint density at radius 2 is 1.84 bits per heavy atom. The molecule has 1 aliphatic rings. The molecule has 2 amide bonds. The van der Waals surface area contributed by atoms with Gasteiger partial charge in [0.05, 0.1) is 12.3 Å². The number of pyridine rings is 1. The third-order valence-corrected chi connectivity index (χ3v) is 4.54. The van der Waals surface area contributed by atoms with Crippen molar-refractivity contribution in [1.82, 2.24) is 19.2 Å². The van der Waals surface area contributed by atoms with Crippen molar-refractivity contribution in [3.63, 3.8) is 0 Å². The lowest BCUT2D eigenvalue weighted by molar-refractivity contribution is -0.130. The van der Waals surface area contributed by atoms with Crippen LogP contribution in [0.25, 0.3) is 5.65 Å². The van der Waals surface area contributed by atoms with Crippen LogP contribution in [0.4, 0.5) is 0 Å². The van der Waals surface area contributed by atoms with Gasteiger partial charge >= 0.3 is 0 Å². The summed E-state index contributed by atoms with van der Waals surface area (Å²) in [7, 11) is 0. The minimum Gasteiger partial charge on any atom is -0.490 e. The first-order valence-corrected chi connectivity index (χ1v) is 8.74. The van der Waals surface area contributed by atoms with Crippen molar-refractivity contribution < 1.29 is 14.3 Å². The monoisotopic (exact) mass is 344 g/mol. The Kier molecular flexibility index (Phi) is 4.92. The first kappa shape index (κ1) is 17.3. The number of imidazole rings is 1. The number of rotatable bonds is 4. The number of amides is 2. The van der Waals surface area contributed by atoms with Gasteiger partial charge in [-0.1, -0.05) is 6.92 Å². The molecule has 0 N–H and O–H groups in total. The van der Waals surface area contributed by atoms with Crippen LogP contribution in [0.5, 0.6) is 5.75 Å². The Morgan fingerprint density at radius 1 is 1.16 bits per heavy atom. The molecule has 1 aliphatic heterocycles. The Morgan fingerprint density at radius 3 is 2.44 bits per heavy atom. The highest BCUT2D eigenvalue weighted by Crippen LogP contribution is 2.24. The maximum absolute atomic E-state index is 13.1. The predicted octanol–water partition coefficient (Wildman–Crippen LogP) is 1.60. The molecule has 3 rings (SSSR count). The van der Waals surface area contributed by atoms with E-state index in [1.54, 1.807) is 16.7 Å². The molecule has 0 atom stereocenters. The SMILES string of the molecule is CCOc1cccn2c(C(=O)N3CCN(C(C)=O)CC3)c(CC)nc12. The van der Waals surface area contributed by atoms with Gasteiger partial charge in [0.15, 0.2) is 11.4 Å². The molecule has 2 aromatic rings. The quantitative estimate of drug-likeness (QED) is 0.845. The maximum Gasteiger partial charge on any atom is 0.272 e. The van der Waals surface area contributed by atoms with Crippen molar-refractivity contribution in [2.45, 2.75) is 27.2 Å². The van der Waals surface area contributed by atoms with Crippen molar-refractivity contribution in [3.8, 4) is 5.75 Å². The number of nitrogens with zero attached hydrogens (tertiary/aromatic N) is 4. The molecule has 3 heterocycles. The molecule has 0 bridgehead atoms. The molecule has 0 radical (unpaired) electrons. The average Bonchev–Trinajstić information content (AvgIpc) is 3.01. The smallest absolute Gasteiger partial charge is 0.272 e. The topological polar surface area (TPSA) is 67.2 Å². The van der Waals surface area contributed by atoms with Crippen molar-refractivity contribution >= 4 is 17.5 Å². The zero-order valence-corrected chi connectivity index (χ0v) is 15.0. The molecular formula is C18H24N4O3. The summed E-state index contributed by atoms with van der Waals surface area (Å²) in [6, 6.07) is 3.73. The molecule has 134 valence electrons. The van der Waals surface area contributed by atoms with Crippen LogP contribution in [0.2, 0.25) is 0 Å². The molecule has 0 aliphatic carbocycles. The fraction of sp³-hybridized carbons (Fsp3) is 0.500. The molecule has 2 aromatic heterocycles. The second-order valence-electron chi connectivity index (χ2n) is 6.06. The van der Waals surface area contributed by atoms with Gasteiger partial charge < -0.3 is 14.5 Å². The molecule has 7 heteroatoms. The van der Waals surface area contributed by atoms with Crippen molar-refractivity contribution in [2.24, 2.45) is 0 Å². The van der Waals surface area contributed by atoms with E-state index in [9.17, 15) is 9.59 Å². The van der Waals surface area contributed by atoms with E-state index in [1.165, 1.54) is 0 Å². The highest BCUT2D eigenvalue weighted by Gasteiger charge is 2.28. The minimum absolute atomic E-state index is 0.0406. The zero-order chi connectivity index (χ0) is 18.0. The van der Waals surface area contributed by atoms with Gasteiger partial charge in [0.1, 0.15) is 5.69 Å². The van der Waals surface area contributed by atoms with E-state index < -0.39 is 0 Å². The van der Waals surface area contributed by atoms with Crippen molar-refractivity contribution in [1.29, 1.82) is 0 Å². The van der Waals surface area contributed by atoms with E-state index in [-0.39, 0.29) is 11.8 Å². The summed E-state index contributed by atoms with van der Waals surface area (Å²) in [4.78, 5) is 32.8. The molecular weight excluding hydrogens is 320 g/mol. The van der Waals surface area contributed by atoms with Crippen LogP contribution in [-0.2, 0) is 11.2 Å². The van der Waals surface area contributed by atoms with Gasteiger partial charge in [0, 0.05) is 39.3 Å². The van der Waals surface area contributed by atoms with Crippen LogP contribution >= 0.6 is 0 Å². The number of ether oxygens (including phenoxy) is 1. The van der Waals surface area contributed by atoms with E-state index in [0.717, 1.165) is 5.69 Å². The highest BCUT2D eigenvalue weighted by molar-refractivity contribution is 5.95. The lowest BCUT2D eigenvalue weighted by atomic mass is 10.2. The van der Waals surface area contributed by atoms with Gasteiger partial charge in [-0.2, -0.15) is 0 Å². The average molecular weight is 344 g/mol. The highest BCUT2D eigenvalue weighted by atomic mass is 16.5. The first-order valence-electron chi connectivity index (χ1n) is 8.74. The maximum atomic E-state index is 13.1. The third kappa shape index (κ3) is 3.18. The van der Waals surface area contributed by atoms with Crippen LogP contribution in [0, 0.1) is 0 Å². The second kappa shape index (κ2) is 7.13. The molecule has 0 saturated carbocycles. The molecule has 0 unspecified atom stereocenters. The largest absolute Gasteiger partial charge is 0.490 e. The van der Waals surface area contributed by atoms with E-state index in [0.29, 0.717) is 56.3 Å². The molecule has 0 aromatic carbocycles. The van der Waals surface area contributed by atoms with Gasteiger partial charge in [-0.25, -0.2) is 4.98 Å². The minimum atomic E-state index is -0.0406. The van der Waals surface area contributed by atoms with Gasteiger partial charge in [-0.15, -0.1) is 0 Å². The number of aryl methyl sites for hydroxylation is 1. The van der Waals surface area contributed by atoms with Gasteiger partial charge in [0.25, 0.3) is 5.91 Å². The molecule has 0 spiro atoms. The van der Waals surface area contributed by atoms with Gasteiger partial charge in [-0.05, 0) is 25.5 Å². The molecule has 7 nitrogen and oxygen atoms in total. The van der Waals surface area contributed by atoms with Crippen LogP contribution < -0.4 is 4.74 Å². The Labute approximate surface area is 147 Å². The van der Waals surface area contributed by atoms with E-state index in [1.807, 2.05) is 36.6 Å². The van der Waals surface area contributed by atoms with Crippen molar-refractivity contribution in [2.75, 3.05) is 32.8 Å². The first-order chi connectivity index (χ1) is 12.1. The third-order valence-electron chi connectivity index (χ3n) is 4.54. The predicted molar refractivity (Wildman–Crippen MR) is 93.9 cm³/mol. The van der Waals surface area contributed by atoms with Gasteiger partial charge in [0.2, 0.25) is 5.91 Å². The standard InChI is InChI=1S/C18H24N4O3/c1-4-14-16(18(24)21-11-9-20(10-12-21)13(3)23)22-8-6-7-15(25-5-2)17(22)19-14/h6-8H,4-5,9-12H2,1-3H3. The Hall–Kier alpha value is -2.57. The number of hydrogen-bond acceptors (Lipinski definition) is 4. The lowest BCUT2D eigenvalue weighted by Gasteiger charge is -2.34. The summed E-state index contributed by atoms with van der Waals surface area (Å²) in [6.07, 6.45) is 2.52.